The number of ether oxygens (including phenoxy) is 1. The summed E-state index contributed by atoms with van der Waals surface area (Å²) >= 11 is 0. The van der Waals surface area contributed by atoms with Crippen molar-refractivity contribution in [1.82, 2.24) is 4.90 Å². The van der Waals surface area contributed by atoms with Gasteiger partial charge in [-0.3, -0.25) is 4.79 Å². The zero-order valence-electron chi connectivity index (χ0n) is 10.8. The van der Waals surface area contributed by atoms with Crippen LogP contribution in [0.3, 0.4) is 0 Å². The summed E-state index contributed by atoms with van der Waals surface area (Å²) in [5, 5.41) is 0. The van der Waals surface area contributed by atoms with E-state index in [9.17, 15) is 4.79 Å². The van der Waals surface area contributed by atoms with Crippen LogP contribution in [0.4, 0.5) is 5.69 Å². The summed E-state index contributed by atoms with van der Waals surface area (Å²) in [7, 11) is 0. The van der Waals surface area contributed by atoms with Gasteiger partial charge in [-0.2, -0.15) is 0 Å². The van der Waals surface area contributed by atoms with Crippen LogP contribution in [0.25, 0.3) is 0 Å². The predicted molar refractivity (Wildman–Crippen MR) is 71.8 cm³/mol. The van der Waals surface area contributed by atoms with Crippen LogP contribution in [0.1, 0.15) is 36.5 Å². The summed E-state index contributed by atoms with van der Waals surface area (Å²) in [6.07, 6.45) is 3.39. The van der Waals surface area contributed by atoms with Crippen molar-refractivity contribution in [2.75, 3.05) is 25.4 Å². The van der Waals surface area contributed by atoms with Crippen molar-refractivity contribution in [3.05, 3.63) is 23.8 Å². The van der Waals surface area contributed by atoms with Crippen molar-refractivity contribution >= 4 is 11.6 Å². The van der Waals surface area contributed by atoms with Gasteiger partial charge < -0.3 is 15.4 Å². The first-order chi connectivity index (χ1) is 8.70. The molecular weight excluding hydrogens is 228 g/mol. The van der Waals surface area contributed by atoms with Gasteiger partial charge >= 0.3 is 0 Å². The van der Waals surface area contributed by atoms with Gasteiger partial charge in [-0.25, -0.2) is 0 Å². The third-order valence-electron chi connectivity index (χ3n) is 3.13. The van der Waals surface area contributed by atoms with Crippen molar-refractivity contribution in [3.63, 3.8) is 0 Å². The summed E-state index contributed by atoms with van der Waals surface area (Å²) in [5.41, 5.74) is 7.00. The number of nitrogens with zero attached hydrogens (tertiary/aromatic N) is 1. The maximum Gasteiger partial charge on any atom is 0.254 e. The Labute approximate surface area is 108 Å². The summed E-state index contributed by atoms with van der Waals surface area (Å²) in [4.78, 5) is 14.2. The van der Waals surface area contributed by atoms with E-state index in [4.69, 9.17) is 10.5 Å². The SMILES string of the molecule is CCOc1cc(N)cc(C(=O)N2CCCCC2)c1. The first-order valence-corrected chi connectivity index (χ1v) is 6.53. The Kier molecular flexibility index (Phi) is 4.07. The third kappa shape index (κ3) is 2.94. The van der Waals surface area contributed by atoms with Crippen molar-refractivity contribution in [3.8, 4) is 5.75 Å². The van der Waals surface area contributed by atoms with Gasteiger partial charge in [0.15, 0.2) is 0 Å². The molecule has 4 nitrogen and oxygen atoms in total. The van der Waals surface area contributed by atoms with Crippen molar-refractivity contribution in [2.24, 2.45) is 0 Å². The Hall–Kier alpha value is -1.71. The number of hydrogen-bond acceptors (Lipinski definition) is 3. The molecule has 2 rings (SSSR count). The molecule has 4 heteroatoms. The average Bonchev–Trinajstić information content (AvgIpc) is 2.38. The van der Waals surface area contributed by atoms with E-state index < -0.39 is 0 Å². The normalized spacial score (nSPS) is 15.5. The Balaban J connectivity index is 2.18. The molecule has 0 atom stereocenters. The molecule has 1 aromatic rings. The molecular formula is C14H20N2O2. The Morgan fingerprint density at radius 2 is 2.00 bits per heavy atom. The highest BCUT2D eigenvalue weighted by Gasteiger charge is 2.18. The zero-order valence-corrected chi connectivity index (χ0v) is 10.8. The minimum atomic E-state index is 0.0583. The molecule has 0 unspecified atom stereocenters. The number of carbonyl (C=O) groups is 1. The maximum atomic E-state index is 12.3. The molecule has 1 fully saturated rings. The lowest BCUT2D eigenvalue weighted by atomic mass is 10.1. The molecule has 1 aliphatic heterocycles. The fourth-order valence-electron chi connectivity index (χ4n) is 2.28. The molecule has 1 amide bonds. The van der Waals surface area contributed by atoms with Crippen molar-refractivity contribution < 1.29 is 9.53 Å². The van der Waals surface area contributed by atoms with E-state index >= 15 is 0 Å². The van der Waals surface area contributed by atoms with Crippen LogP contribution in [0, 0.1) is 0 Å². The van der Waals surface area contributed by atoms with E-state index in [1.165, 1.54) is 6.42 Å². The highest BCUT2D eigenvalue weighted by Crippen LogP contribution is 2.21. The minimum Gasteiger partial charge on any atom is -0.494 e. The fraction of sp³-hybridized carbons (Fsp3) is 0.500. The average molecular weight is 248 g/mol. The molecule has 18 heavy (non-hydrogen) atoms. The predicted octanol–water partition coefficient (Wildman–Crippen LogP) is 2.29. The topological polar surface area (TPSA) is 55.6 Å². The number of piperidine rings is 1. The van der Waals surface area contributed by atoms with Crippen LogP contribution in [0.2, 0.25) is 0 Å². The van der Waals surface area contributed by atoms with Gasteiger partial charge in [-0.05, 0) is 38.3 Å². The van der Waals surface area contributed by atoms with Crippen LogP contribution >= 0.6 is 0 Å². The number of amides is 1. The number of benzene rings is 1. The lowest BCUT2D eigenvalue weighted by molar-refractivity contribution is 0.0724. The number of hydrogen-bond donors (Lipinski definition) is 1. The molecule has 1 heterocycles. The molecule has 0 radical (unpaired) electrons. The first-order valence-electron chi connectivity index (χ1n) is 6.53. The summed E-state index contributed by atoms with van der Waals surface area (Å²) in [6.45, 7) is 4.17. The van der Waals surface area contributed by atoms with Crippen molar-refractivity contribution in [2.45, 2.75) is 26.2 Å². The second kappa shape index (κ2) is 5.76. The van der Waals surface area contributed by atoms with E-state index in [0.717, 1.165) is 25.9 Å². The zero-order chi connectivity index (χ0) is 13.0. The van der Waals surface area contributed by atoms with E-state index in [1.54, 1.807) is 18.2 Å². The molecule has 2 N–H and O–H groups in total. The number of nitrogen functional groups attached to an aromatic ring is 1. The summed E-state index contributed by atoms with van der Waals surface area (Å²) in [5.74, 6) is 0.723. The van der Waals surface area contributed by atoms with Crippen LogP contribution in [0.15, 0.2) is 18.2 Å². The largest absolute Gasteiger partial charge is 0.494 e. The van der Waals surface area contributed by atoms with Gasteiger partial charge in [0.2, 0.25) is 0 Å². The lowest BCUT2D eigenvalue weighted by Gasteiger charge is -2.27. The minimum absolute atomic E-state index is 0.0583. The lowest BCUT2D eigenvalue weighted by Crippen LogP contribution is -2.35. The number of carbonyl (C=O) groups excluding carboxylic acids is 1. The van der Waals surface area contributed by atoms with E-state index in [-0.39, 0.29) is 5.91 Å². The van der Waals surface area contributed by atoms with E-state index in [1.807, 2.05) is 11.8 Å². The molecule has 0 bridgehead atoms. The molecule has 1 saturated heterocycles. The Morgan fingerprint density at radius 1 is 1.28 bits per heavy atom. The second-order valence-electron chi connectivity index (χ2n) is 4.58. The van der Waals surface area contributed by atoms with Crippen molar-refractivity contribution in [1.29, 1.82) is 0 Å². The second-order valence-corrected chi connectivity index (χ2v) is 4.58. The molecule has 98 valence electrons. The number of nitrogens with two attached hydrogens (primary N) is 1. The third-order valence-corrected chi connectivity index (χ3v) is 3.13. The van der Waals surface area contributed by atoms with Gasteiger partial charge in [0.25, 0.3) is 5.91 Å². The Bertz CT molecular complexity index is 426. The molecule has 0 saturated carbocycles. The summed E-state index contributed by atoms with van der Waals surface area (Å²) in [6, 6.07) is 5.24. The maximum absolute atomic E-state index is 12.3. The molecule has 0 aromatic heterocycles. The van der Waals surface area contributed by atoms with E-state index in [0.29, 0.717) is 23.6 Å². The van der Waals surface area contributed by atoms with Gasteiger partial charge in [0.1, 0.15) is 5.75 Å². The van der Waals surface area contributed by atoms with Crippen LogP contribution < -0.4 is 10.5 Å². The van der Waals surface area contributed by atoms with Crippen LogP contribution in [-0.2, 0) is 0 Å². The number of anilines is 1. The van der Waals surface area contributed by atoms with Gasteiger partial charge in [-0.1, -0.05) is 0 Å². The van der Waals surface area contributed by atoms with Gasteiger partial charge in [-0.15, -0.1) is 0 Å². The van der Waals surface area contributed by atoms with Gasteiger partial charge in [0, 0.05) is 30.4 Å². The Morgan fingerprint density at radius 3 is 2.67 bits per heavy atom. The smallest absolute Gasteiger partial charge is 0.254 e. The van der Waals surface area contributed by atoms with E-state index in [2.05, 4.69) is 0 Å². The molecule has 0 spiro atoms. The van der Waals surface area contributed by atoms with Gasteiger partial charge in [0.05, 0.1) is 6.61 Å². The highest BCUT2D eigenvalue weighted by atomic mass is 16.5. The molecule has 0 aliphatic carbocycles. The molecule has 1 aliphatic rings. The monoisotopic (exact) mass is 248 g/mol. The number of likely N-dealkylation sites (tertiary alicyclic amines) is 1. The quantitative estimate of drug-likeness (QED) is 0.835. The summed E-state index contributed by atoms with van der Waals surface area (Å²) < 4.78 is 5.41. The fourth-order valence-corrected chi connectivity index (χ4v) is 2.28. The van der Waals surface area contributed by atoms with Crippen LogP contribution in [0.5, 0.6) is 5.75 Å². The number of rotatable bonds is 3. The first kappa shape index (κ1) is 12.7. The standard InChI is InChI=1S/C14H20N2O2/c1-2-18-13-9-11(8-12(15)10-13)14(17)16-6-4-3-5-7-16/h8-10H,2-7,15H2,1H3. The van der Waals surface area contributed by atoms with Crippen LogP contribution in [-0.4, -0.2) is 30.5 Å². The molecule has 1 aromatic carbocycles. The highest BCUT2D eigenvalue weighted by molar-refractivity contribution is 5.95.